The molecule has 7 heteroatoms. The van der Waals surface area contributed by atoms with Gasteiger partial charge < -0.3 is 15.6 Å². The average molecular weight is 390 g/mol. The van der Waals surface area contributed by atoms with Crippen molar-refractivity contribution in [2.45, 2.75) is 45.7 Å². The molecule has 2 aromatic rings. The topological polar surface area (TPSA) is 73.0 Å². The van der Waals surface area contributed by atoms with Crippen LogP contribution in [-0.4, -0.2) is 40.4 Å². The number of carbonyl (C=O) groups is 1. The molecule has 1 amide bonds. The Morgan fingerprint density at radius 3 is 2.63 bits per heavy atom. The lowest BCUT2D eigenvalue weighted by Crippen LogP contribution is -2.28. The van der Waals surface area contributed by atoms with Crippen molar-refractivity contribution in [3.8, 4) is 0 Å². The fraction of sp³-hybridized carbons (Fsp3) is 0.500. The molecule has 0 saturated carbocycles. The third kappa shape index (κ3) is 5.47. The molecule has 3 rings (SSSR count). The molecule has 146 valence electrons. The molecule has 6 nitrogen and oxygen atoms in total. The summed E-state index contributed by atoms with van der Waals surface area (Å²) in [7, 11) is 0. The number of nitrogens with zero attached hydrogens (tertiary/aromatic N) is 2. The van der Waals surface area contributed by atoms with Gasteiger partial charge in [-0.3, -0.25) is 9.69 Å². The standard InChI is InChI=1S/C20H28ClN5O/c1-2-3-6-10-22-18-17(24-20(21)25-18)19(27)23-11-7-12-26-13-15-8-4-5-9-16(15)14-26/h4-5,8-9,22H,2-3,6-7,10-14H2,1H3,(H,23,27)(H,24,25). The summed E-state index contributed by atoms with van der Waals surface area (Å²) in [5, 5.41) is 6.39. The predicted molar refractivity (Wildman–Crippen MR) is 109 cm³/mol. The lowest BCUT2D eigenvalue weighted by molar-refractivity contribution is 0.0948. The third-order valence-electron chi connectivity index (χ3n) is 4.82. The number of amides is 1. The maximum absolute atomic E-state index is 12.4. The predicted octanol–water partition coefficient (Wildman–Crippen LogP) is 3.80. The van der Waals surface area contributed by atoms with Gasteiger partial charge in [0.1, 0.15) is 5.69 Å². The molecule has 27 heavy (non-hydrogen) atoms. The zero-order chi connectivity index (χ0) is 19.1. The first-order valence-electron chi connectivity index (χ1n) is 9.74. The molecular formula is C20H28ClN5O. The molecule has 1 aliphatic heterocycles. The summed E-state index contributed by atoms with van der Waals surface area (Å²) in [6.07, 6.45) is 4.24. The number of unbranched alkanes of at least 4 members (excludes halogenated alkanes) is 2. The van der Waals surface area contributed by atoms with Crippen LogP contribution >= 0.6 is 11.6 Å². The number of aromatic amines is 1. The second kappa shape index (κ2) is 9.76. The zero-order valence-electron chi connectivity index (χ0n) is 15.9. The van der Waals surface area contributed by atoms with Crippen LogP contribution < -0.4 is 10.6 Å². The quantitative estimate of drug-likeness (QED) is 0.540. The number of halogens is 1. The van der Waals surface area contributed by atoms with Gasteiger partial charge in [-0.05, 0) is 35.6 Å². The Morgan fingerprint density at radius 1 is 1.19 bits per heavy atom. The Bertz CT molecular complexity index is 736. The maximum atomic E-state index is 12.4. The van der Waals surface area contributed by atoms with E-state index in [4.69, 9.17) is 11.6 Å². The van der Waals surface area contributed by atoms with Crippen molar-refractivity contribution in [1.82, 2.24) is 20.2 Å². The monoisotopic (exact) mass is 389 g/mol. The fourth-order valence-electron chi connectivity index (χ4n) is 3.37. The molecule has 3 N–H and O–H groups in total. The summed E-state index contributed by atoms with van der Waals surface area (Å²) in [5.41, 5.74) is 3.23. The Hall–Kier alpha value is -2.05. The van der Waals surface area contributed by atoms with Gasteiger partial charge >= 0.3 is 0 Å². The highest BCUT2D eigenvalue weighted by atomic mass is 35.5. The lowest BCUT2D eigenvalue weighted by Gasteiger charge is -2.14. The third-order valence-corrected chi connectivity index (χ3v) is 5.00. The lowest BCUT2D eigenvalue weighted by atomic mass is 10.1. The fourth-order valence-corrected chi connectivity index (χ4v) is 3.55. The number of fused-ring (bicyclic) bond motifs is 1. The molecule has 0 aliphatic carbocycles. The summed E-state index contributed by atoms with van der Waals surface area (Å²) < 4.78 is 0. The van der Waals surface area contributed by atoms with Crippen molar-refractivity contribution in [2.75, 3.05) is 25.0 Å². The smallest absolute Gasteiger partial charge is 0.271 e. The molecule has 0 spiro atoms. The van der Waals surface area contributed by atoms with Gasteiger partial charge in [0.2, 0.25) is 5.28 Å². The van der Waals surface area contributed by atoms with E-state index in [0.29, 0.717) is 18.1 Å². The molecule has 1 aromatic carbocycles. The number of nitrogens with one attached hydrogen (secondary N) is 3. The van der Waals surface area contributed by atoms with E-state index >= 15 is 0 Å². The van der Waals surface area contributed by atoms with Crippen molar-refractivity contribution >= 4 is 23.3 Å². The van der Waals surface area contributed by atoms with Gasteiger partial charge in [-0.1, -0.05) is 44.0 Å². The largest absolute Gasteiger partial charge is 0.368 e. The van der Waals surface area contributed by atoms with Crippen LogP contribution in [0.2, 0.25) is 5.28 Å². The Labute approximate surface area is 165 Å². The van der Waals surface area contributed by atoms with E-state index in [2.05, 4.69) is 56.7 Å². The van der Waals surface area contributed by atoms with Crippen LogP contribution in [0.3, 0.4) is 0 Å². The van der Waals surface area contributed by atoms with Crippen molar-refractivity contribution in [3.05, 3.63) is 46.4 Å². The minimum atomic E-state index is -0.169. The van der Waals surface area contributed by atoms with Gasteiger partial charge in [0, 0.05) is 32.7 Å². The normalized spacial score (nSPS) is 13.6. The number of carbonyl (C=O) groups excluding carboxylic acids is 1. The number of hydrogen-bond acceptors (Lipinski definition) is 4. The highest BCUT2D eigenvalue weighted by molar-refractivity contribution is 6.28. The van der Waals surface area contributed by atoms with Crippen LogP contribution in [0.25, 0.3) is 0 Å². The zero-order valence-corrected chi connectivity index (χ0v) is 16.6. The van der Waals surface area contributed by atoms with Crippen molar-refractivity contribution < 1.29 is 4.79 Å². The molecule has 2 heterocycles. The summed E-state index contributed by atoms with van der Waals surface area (Å²) >= 11 is 5.95. The van der Waals surface area contributed by atoms with Gasteiger partial charge in [0.05, 0.1) is 0 Å². The van der Waals surface area contributed by atoms with Gasteiger partial charge in [0.15, 0.2) is 5.82 Å². The first kappa shape index (κ1) is 19.7. The highest BCUT2D eigenvalue weighted by Gasteiger charge is 2.18. The number of hydrogen-bond donors (Lipinski definition) is 3. The van der Waals surface area contributed by atoms with Gasteiger partial charge in [-0.15, -0.1) is 0 Å². The minimum Gasteiger partial charge on any atom is -0.368 e. The van der Waals surface area contributed by atoms with E-state index in [1.807, 2.05) is 0 Å². The Kier molecular flexibility index (Phi) is 7.12. The van der Waals surface area contributed by atoms with E-state index in [0.717, 1.165) is 51.9 Å². The summed E-state index contributed by atoms with van der Waals surface area (Å²) in [6.45, 7) is 6.51. The second-order valence-electron chi connectivity index (χ2n) is 6.97. The molecule has 0 bridgehead atoms. The summed E-state index contributed by atoms with van der Waals surface area (Å²) in [4.78, 5) is 21.9. The average Bonchev–Trinajstić information content (AvgIpc) is 3.25. The molecular weight excluding hydrogens is 362 g/mol. The second-order valence-corrected chi connectivity index (χ2v) is 7.33. The molecule has 0 radical (unpaired) electrons. The number of benzene rings is 1. The van der Waals surface area contributed by atoms with Gasteiger partial charge in [0.25, 0.3) is 5.91 Å². The minimum absolute atomic E-state index is 0.169. The summed E-state index contributed by atoms with van der Waals surface area (Å²) in [6, 6.07) is 8.56. The van der Waals surface area contributed by atoms with Crippen molar-refractivity contribution in [2.24, 2.45) is 0 Å². The molecule has 0 unspecified atom stereocenters. The number of aromatic nitrogens is 2. The summed E-state index contributed by atoms with van der Waals surface area (Å²) in [5.74, 6) is 0.362. The van der Waals surface area contributed by atoms with E-state index in [-0.39, 0.29) is 11.2 Å². The van der Waals surface area contributed by atoms with Crippen molar-refractivity contribution in [3.63, 3.8) is 0 Å². The van der Waals surface area contributed by atoms with Crippen LogP contribution in [-0.2, 0) is 13.1 Å². The highest BCUT2D eigenvalue weighted by Crippen LogP contribution is 2.22. The Balaban J connectivity index is 1.41. The first-order chi connectivity index (χ1) is 13.2. The molecule has 0 saturated heterocycles. The van der Waals surface area contributed by atoms with Crippen molar-refractivity contribution in [1.29, 1.82) is 0 Å². The number of anilines is 1. The molecule has 1 aliphatic rings. The van der Waals surface area contributed by atoms with E-state index < -0.39 is 0 Å². The van der Waals surface area contributed by atoms with E-state index in [9.17, 15) is 4.79 Å². The molecule has 0 atom stereocenters. The number of imidazole rings is 1. The van der Waals surface area contributed by atoms with Crippen LogP contribution in [0, 0.1) is 0 Å². The molecule has 1 aromatic heterocycles. The first-order valence-corrected chi connectivity index (χ1v) is 10.1. The Morgan fingerprint density at radius 2 is 1.93 bits per heavy atom. The maximum Gasteiger partial charge on any atom is 0.271 e. The van der Waals surface area contributed by atoms with Gasteiger partial charge in [-0.2, -0.15) is 0 Å². The van der Waals surface area contributed by atoms with Crippen LogP contribution in [0.4, 0.5) is 5.82 Å². The van der Waals surface area contributed by atoms with Crippen LogP contribution in [0.1, 0.15) is 54.2 Å². The van der Waals surface area contributed by atoms with Crippen LogP contribution in [0.15, 0.2) is 24.3 Å². The van der Waals surface area contributed by atoms with E-state index in [1.165, 1.54) is 11.1 Å². The van der Waals surface area contributed by atoms with Crippen LogP contribution in [0.5, 0.6) is 0 Å². The van der Waals surface area contributed by atoms with Gasteiger partial charge in [-0.25, -0.2) is 4.98 Å². The molecule has 0 fully saturated rings. The van der Waals surface area contributed by atoms with E-state index in [1.54, 1.807) is 0 Å². The SMILES string of the molecule is CCCCCNc1nc(Cl)[nH]c1C(=O)NCCCN1Cc2ccccc2C1. The number of rotatable bonds is 10. The number of H-pyrrole nitrogens is 1.